The van der Waals surface area contributed by atoms with Gasteiger partial charge in [0.05, 0.1) is 13.1 Å². The van der Waals surface area contributed by atoms with Crippen LogP contribution in [-0.4, -0.2) is 52.4 Å². The predicted octanol–water partition coefficient (Wildman–Crippen LogP) is 2.85. The van der Waals surface area contributed by atoms with Crippen LogP contribution in [0.15, 0.2) is 41.8 Å². The number of carbonyl (C=O) groups is 3. The average Bonchev–Trinajstić information content (AvgIpc) is 3.37. The Hall–Kier alpha value is -2.97. The van der Waals surface area contributed by atoms with Gasteiger partial charge in [-0.2, -0.15) is 0 Å². The van der Waals surface area contributed by atoms with E-state index < -0.39 is 6.03 Å². The summed E-state index contributed by atoms with van der Waals surface area (Å²) in [6.45, 7) is 3.33. The molecule has 4 amide bonds. The lowest BCUT2D eigenvalue weighted by Crippen LogP contribution is -2.56. The second-order valence-electron chi connectivity index (χ2n) is 7.77. The van der Waals surface area contributed by atoms with Crippen molar-refractivity contribution in [3.63, 3.8) is 0 Å². The van der Waals surface area contributed by atoms with Crippen LogP contribution in [0, 0.1) is 0 Å². The maximum absolute atomic E-state index is 12.8. The number of benzene rings is 1. The van der Waals surface area contributed by atoms with Crippen LogP contribution in [0.2, 0.25) is 0 Å². The molecule has 0 radical (unpaired) electrons. The Morgan fingerprint density at radius 3 is 2.67 bits per heavy atom. The molecule has 8 heteroatoms. The highest BCUT2D eigenvalue weighted by atomic mass is 32.1. The third-order valence-corrected chi connectivity index (χ3v) is 6.76. The number of nitrogens with one attached hydrogen (secondary N) is 1. The van der Waals surface area contributed by atoms with E-state index in [1.165, 1.54) is 20.5 Å². The van der Waals surface area contributed by atoms with E-state index in [-0.39, 0.29) is 24.8 Å². The van der Waals surface area contributed by atoms with Crippen LogP contribution in [-0.2, 0) is 17.9 Å². The Bertz CT molecular complexity index is 1050. The molecule has 30 heavy (non-hydrogen) atoms. The Balaban J connectivity index is 1.26. The van der Waals surface area contributed by atoms with Crippen LogP contribution in [0.25, 0.3) is 5.57 Å². The normalized spacial score (nSPS) is 19.7. The van der Waals surface area contributed by atoms with Gasteiger partial charge in [-0.1, -0.05) is 24.3 Å². The van der Waals surface area contributed by atoms with Crippen molar-refractivity contribution >= 4 is 34.8 Å². The molecule has 1 aromatic carbocycles. The molecule has 0 unspecified atom stereocenters. The van der Waals surface area contributed by atoms with E-state index in [1.54, 1.807) is 11.3 Å². The number of hydrazine groups is 1. The molecule has 1 saturated heterocycles. The van der Waals surface area contributed by atoms with Crippen molar-refractivity contribution in [2.45, 2.75) is 25.9 Å². The van der Waals surface area contributed by atoms with Crippen molar-refractivity contribution in [3.8, 4) is 0 Å². The van der Waals surface area contributed by atoms with Gasteiger partial charge >= 0.3 is 6.03 Å². The molecule has 5 rings (SSSR count). The van der Waals surface area contributed by atoms with Crippen LogP contribution in [0.1, 0.15) is 39.2 Å². The number of fused-ring (bicyclic) bond motifs is 1. The van der Waals surface area contributed by atoms with E-state index in [0.29, 0.717) is 12.1 Å². The zero-order valence-electron chi connectivity index (χ0n) is 16.5. The van der Waals surface area contributed by atoms with E-state index in [2.05, 4.69) is 39.9 Å². The quantitative estimate of drug-likeness (QED) is 0.822. The summed E-state index contributed by atoms with van der Waals surface area (Å²) in [7, 11) is 0. The van der Waals surface area contributed by atoms with Gasteiger partial charge in [-0.15, -0.1) is 11.3 Å². The molecule has 4 heterocycles. The first kappa shape index (κ1) is 19.0. The topological polar surface area (TPSA) is 73.0 Å². The summed E-state index contributed by atoms with van der Waals surface area (Å²) < 4.78 is 0. The lowest BCUT2D eigenvalue weighted by molar-refractivity contribution is -0.123. The largest absolute Gasteiger partial charge is 0.342 e. The number of carbonyl (C=O) groups excluding carboxylic acids is 3. The SMILES string of the molecule is O=C1CCN(N2Cc3cc(CN4CC=C(c5cccs5)CC4)ccc3C2=O)C(=O)N1. The summed E-state index contributed by atoms with van der Waals surface area (Å²) in [6, 6.07) is 9.66. The number of thiophene rings is 1. The molecule has 3 aliphatic rings. The van der Waals surface area contributed by atoms with Gasteiger partial charge in [-0.3, -0.25) is 19.8 Å². The molecular formula is C22H22N4O3S. The Kier molecular flexibility index (Phi) is 4.88. The first-order chi connectivity index (χ1) is 14.6. The first-order valence-electron chi connectivity index (χ1n) is 10.1. The van der Waals surface area contributed by atoms with Gasteiger partial charge in [0.15, 0.2) is 0 Å². The molecule has 1 aromatic heterocycles. The number of imide groups is 1. The molecule has 0 bridgehead atoms. The molecule has 154 valence electrons. The monoisotopic (exact) mass is 422 g/mol. The second-order valence-corrected chi connectivity index (χ2v) is 8.72. The van der Waals surface area contributed by atoms with Crippen LogP contribution in [0.5, 0.6) is 0 Å². The molecule has 0 saturated carbocycles. The standard InChI is InChI=1S/C22H22N4O3S/c27-20-7-10-25(22(29)23-20)26-14-17-12-15(3-4-18(17)21(26)28)13-24-8-5-16(6-9-24)19-2-1-11-30-19/h1-5,11-12H,6-10,13-14H2,(H,23,27,29). The summed E-state index contributed by atoms with van der Waals surface area (Å²) >= 11 is 1.79. The van der Waals surface area contributed by atoms with E-state index in [9.17, 15) is 14.4 Å². The molecule has 3 aliphatic heterocycles. The number of amides is 4. The van der Waals surface area contributed by atoms with Gasteiger partial charge in [-0.05, 0) is 40.6 Å². The Morgan fingerprint density at radius 2 is 1.93 bits per heavy atom. The number of hydrogen-bond acceptors (Lipinski definition) is 5. The van der Waals surface area contributed by atoms with Gasteiger partial charge < -0.3 is 0 Å². The summed E-state index contributed by atoms with van der Waals surface area (Å²) in [5, 5.41) is 7.17. The maximum Gasteiger partial charge on any atom is 0.342 e. The maximum atomic E-state index is 12.8. The Morgan fingerprint density at radius 1 is 1.03 bits per heavy atom. The third-order valence-electron chi connectivity index (χ3n) is 5.81. The van der Waals surface area contributed by atoms with Crippen LogP contribution in [0.4, 0.5) is 4.79 Å². The van der Waals surface area contributed by atoms with Crippen LogP contribution in [0.3, 0.4) is 0 Å². The minimum atomic E-state index is -0.533. The van der Waals surface area contributed by atoms with E-state index in [0.717, 1.165) is 37.2 Å². The highest BCUT2D eigenvalue weighted by molar-refractivity contribution is 7.11. The second kappa shape index (κ2) is 7.70. The predicted molar refractivity (Wildman–Crippen MR) is 113 cm³/mol. The number of nitrogens with zero attached hydrogens (tertiary/aromatic N) is 3. The van der Waals surface area contributed by atoms with Gasteiger partial charge in [0.2, 0.25) is 5.91 Å². The zero-order valence-corrected chi connectivity index (χ0v) is 17.3. The number of hydrogen-bond donors (Lipinski definition) is 1. The summed E-state index contributed by atoms with van der Waals surface area (Å²) in [5.41, 5.74) is 4.14. The number of urea groups is 1. The highest BCUT2D eigenvalue weighted by Gasteiger charge is 2.36. The lowest BCUT2D eigenvalue weighted by Gasteiger charge is -2.33. The van der Waals surface area contributed by atoms with E-state index >= 15 is 0 Å². The highest BCUT2D eigenvalue weighted by Crippen LogP contribution is 2.29. The average molecular weight is 423 g/mol. The summed E-state index contributed by atoms with van der Waals surface area (Å²) in [6.07, 6.45) is 3.55. The van der Waals surface area contributed by atoms with Crippen molar-refractivity contribution < 1.29 is 14.4 Å². The van der Waals surface area contributed by atoms with Gasteiger partial charge in [0, 0.05) is 36.5 Å². The molecular weight excluding hydrogens is 400 g/mol. The summed E-state index contributed by atoms with van der Waals surface area (Å²) in [4.78, 5) is 40.0. The fourth-order valence-electron chi connectivity index (χ4n) is 4.24. The fraction of sp³-hybridized carbons (Fsp3) is 0.318. The first-order valence-corrected chi connectivity index (χ1v) is 11.0. The Labute approximate surface area is 178 Å². The molecule has 7 nitrogen and oxygen atoms in total. The van der Waals surface area contributed by atoms with Crippen molar-refractivity contribution in [2.24, 2.45) is 0 Å². The van der Waals surface area contributed by atoms with Crippen molar-refractivity contribution in [1.29, 1.82) is 0 Å². The number of rotatable bonds is 4. The minimum Gasteiger partial charge on any atom is -0.295 e. The van der Waals surface area contributed by atoms with E-state index in [4.69, 9.17) is 0 Å². The fourth-order valence-corrected chi connectivity index (χ4v) is 5.03. The molecule has 0 spiro atoms. The van der Waals surface area contributed by atoms with Gasteiger partial charge in [0.1, 0.15) is 0 Å². The minimum absolute atomic E-state index is 0.192. The van der Waals surface area contributed by atoms with E-state index in [1.807, 2.05) is 12.1 Å². The van der Waals surface area contributed by atoms with Crippen molar-refractivity contribution in [2.75, 3.05) is 19.6 Å². The van der Waals surface area contributed by atoms with Gasteiger partial charge in [-0.25, -0.2) is 14.8 Å². The zero-order chi connectivity index (χ0) is 20.7. The molecule has 2 aromatic rings. The van der Waals surface area contributed by atoms with Crippen LogP contribution >= 0.6 is 11.3 Å². The van der Waals surface area contributed by atoms with Crippen LogP contribution < -0.4 is 5.32 Å². The van der Waals surface area contributed by atoms with Crippen molar-refractivity contribution in [3.05, 3.63) is 63.4 Å². The van der Waals surface area contributed by atoms with Crippen molar-refractivity contribution in [1.82, 2.24) is 20.2 Å². The lowest BCUT2D eigenvalue weighted by atomic mass is 10.0. The molecule has 0 aliphatic carbocycles. The molecule has 1 fully saturated rings. The molecule has 1 N–H and O–H groups in total. The van der Waals surface area contributed by atoms with Gasteiger partial charge in [0.25, 0.3) is 5.91 Å². The summed E-state index contributed by atoms with van der Waals surface area (Å²) in [5.74, 6) is -0.497. The third kappa shape index (κ3) is 3.53. The smallest absolute Gasteiger partial charge is 0.295 e. The molecule has 0 atom stereocenters.